The number of rotatable bonds is 13. The molecule has 0 fully saturated rings. The van der Waals surface area contributed by atoms with Gasteiger partial charge in [0, 0.05) is 44.2 Å². The van der Waals surface area contributed by atoms with Crippen molar-refractivity contribution in [3.63, 3.8) is 0 Å². The first-order chi connectivity index (χ1) is 13.3. The minimum atomic E-state index is 0.651. The molecular formula is C20H36N4O2S. The fourth-order valence-electron chi connectivity index (χ4n) is 2.95. The molecule has 1 aliphatic rings. The van der Waals surface area contributed by atoms with Gasteiger partial charge >= 0.3 is 0 Å². The molecule has 1 aromatic rings. The summed E-state index contributed by atoms with van der Waals surface area (Å²) in [6.07, 6.45) is 3.47. The van der Waals surface area contributed by atoms with Crippen molar-refractivity contribution < 1.29 is 9.47 Å². The van der Waals surface area contributed by atoms with E-state index in [4.69, 9.17) is 14.5 Å². The highest BCUT2D eigenvalue weighted by atomic mass is 32.1. The molecule has 0 aliphatic carbocycles. The first kappa shape index (κ1) is 22.1. The molecule has 0 spiro atoms. The highest BCUT2D eigenvalue weighted by Crippen LogP contribution is 2.23. The van der Waals surface area contributed by atoms with Crippen molar-refractivity contribution >= 4 is 17.3 Å². The summed E-state index contributed by atoms with van der Waals surface area (Å²) in [6.45, 7) is 12.7. The van der Waals surface area contributed by atoms with Crippen LogP contribution in [0.4, 0.5) is 0 Å². The van der Waals surface area contributed by atoms with Gasteiger partial charge in [0.05, 0.1) is 26.4 Å². The van der Waals surface area contributed by atoms with Gasteiger partial charge in [-0.3, -0.25) is 9.89 Å². The lowest BCUT2D eigenvalue weighted by atomic mass is 10.1. The predicted molar refractivity (Wildman–Crippen MR) is 114 cm³/mol. The molecule has 0 radical (unpaired) electrons. The fourth-order valence-corrected chi connectivity index (χ4v) is 3.84. The quantitative estimate of drug-likeness (QED) is 0.305. The largest absolute Gasteiger partial charge is 0.379 e. The summed E-state index contributed by atoms with van der Waals surface area (Å²) >= 11 is 1.89. The Hall–Kier alpha value is -1.15. The zero-order chi connectivity index (χ0) is 19.2. The van der Waals surface area contributed by atoms with Crippen LogP contribution in [0.25, 0.3) is 0 Å². The standard InChI is InChI=1S/C20H36N4O2S/c1-3-5-12-25-14-15-26-13-9-23-20(21-4-2)22-8-11-24-10-6-19-18(17-24)7-16-27-19/h7,16H,3-6,8-15,17H2,1-2H3,(H2,21,22,23). The van der Waals surface area contributed by atoms with Gasteiger partial charge < -0.3 is 20.1 Å². The van der Waals surface area contributed by atoms with E-state index in [1.54, 1.807) is 4.88 Å². The van der Waals surface area contributed by atoms with Crippen LogP contribution in [0.15, 0.2) is 16.4 Å². The van der Waals surface area contributed by atoms with Crippen molar-refractivity contribution in [3.8, 4) is 0 Å². The Morgan fingerprint density at radius 3 is 2.85 bits per heavy atom. The van der Waals surface area contributed by atoms with E-state index in [1.165, 1.54) is 18.4 Å². The summed E-state index contributed by atoms with van der Waals surface area (Å²) in [6, 6.07) is 2.26. The summed E-state index contributed by atoms with van der Waals surface area (Å²) < 4.78 is 11.1. The zero-order valence-corrected chi connectivity index (χ0v) is 17.8. The van der Waals surface area contributed by atoms with Crippen LogP contribution >= 0.6 is 11.3 Å². The van der Waals surface area contributed by atoms with Gasteiger partial charge in [-0.15, -0.1) is 11.3 Å². The number of ether oxygens (including phenoxy) is 2. The van der Waals surface area contributed by atoms with Gasteiger partial charge in [0.15, 0.2) is 5.96 Å². The van der Waals surface area contributed by atoms with E-state index < -0.39 is 0 Å². The number of hydrogen-bond donors (Lipinski definition) is 2. The average molecular weight is 397 g/mol. The molecule has 2 N–H and O–H groups in total. The first-order valence-electron chi connectivity index (χ1n) is 10.3. The number of nitrogens with zero attached hydrogens (tertiary/aromatic N) is 2. The van der Waals surface area contributed by atoms with Crippen LogP contribution in [0, 0.1) is 0 Å². The zero-order valence-electron chi connectivity index (χ0n) is 17.0. The van der Waals surface area contributed by atoms with E-state index in [0.717, 1.165) is 58.3 Å². The normalized spacial score (nSPS) is 15.0. The minimum Gasteiger partial charge on any atom is -0.379 e. The number of thiophene rings is 1. The number of aliphatic imine (C=N–C) groups is 1. The second-order valence-electron chi connectivity index (χ2n) is 6.66. The van der Waals surface area contributed by atoms with Crippen LogP contribution in [-0.4, -0.2) is 70.0 Å². The van der Waals surface area contributed by atoms with Crippen LogP contribution in [0.5, 0.6) is 0 Å². The van der Waals surface area contributed by atoms with E-state index in [2.05, 4.69) is 40.8 Å². The maximum absolute atomic E-state index is 5.59. The second-order valence-corrected chi connectivity index (χ2v) is 7.66. The van der Waals surface area contributed by atoms with E-state index in [1.807, 2.05) is 11.3 Å². The summed E-state index contributed by atoms with van der Waals surface area (Å²) in [5, 5.41) is 8.84. The molecule has 1 aliphatic heterocycles. The van der Waals surface area contributed by atoms with Gasteiger partial charge in [0.2, 0.25) is 0 Å². The third kappa shape index (κ3) is 9.06. The van der Waals surface area contributed by atoms with Crippen LogP contribution in [0.3, 0.4) is 0 Å². The van der Waals surface area contributed by atoms with Crippen molar-refractivity contribution in [2.75, 3.05) is 59.2 Å². The van der Waals surface area contributed by atoms with Crippen LogP contribution in [-0.2, 0) is 22.4 Å². The second kappa shape index (κ2) is 13.9. The molecule has 7 heteroatoms. The maximum Gasteiger partial charge on any atom is 0.191 e. The molecule has 0 amide bonds. The smallest absolute Gasteiger partial charge is 0.191 e. The minimum absolute atomic E-state index is 0.651. The average Bonchev–Trinajstić information content (AvgIpc) is 3.14. The van der Waals surface area contributed by atoms with E-state index in [0.29, 0.717) is 19.8 Å². The van der Waals surface area contributed by atoms with Crippen molar-refractivity contribution in [2.45, 2.75) is 39.7 Å². The summed E-state index contributed by atoms with van der Waals surface area (Å²) in [5.41, 5.74) is 1.50. The van der Waals surface area contributed by atoms with Crippen molar-refractivity contribution in [1.29, 1.82) is 0 Å². The molecular weight excluding hydrogens is 360 g/mol. The lowest BCUT2D eigenvalue weighted by Gasteiger charge is -2.26. The molecule has 0 saturated carbocycles. The first-order valence-corrected chi connectivity index (χ1v) is 11.2. The third-order valence-corrected chi connectivity index (χ3v) is 5.49. The van der Waals surface area contributed by atoms with E-state index in [-0.39, 0.29) is 0 Å². The molecule has 0 bridgehead atoms. The molecule has 2 heterocycles. The molecule has 27 heavy (non-hydrogen) atoms. The Kier molecular flexibility index (Phi) is 11.4. The molecule has 0 atom stereocenters. The van der Waals surface area contributed by atoms with Gasteiger partial charge in [0.25, 0.3) is 0 Å². The predicted octanol–water partition coefficient (Wildman–Crippen LogP) is 2.49. The number of nitrogens with one attached hydrogen (secondary N) is 2. The molecule has 6 nitrogen and oxygen atoms in total. The molecule has 0 aromatic carbocycles. The Balaban J connectivity index is 1.56. The van der Waals surface area contributed by atoms with Crippen LogP contribution in [0.2, 0.25) is 0 Å². The summed E-state index contributed by atoms with van der Waals surface area (Å²) in [7, 11) is 0. The Bertz CT molecular complexity index is 536. The monoisotopic (exact) mass is 396 g/mol. The van der Waals surface area contributed by atoms with E-state index in [9.17, 15) is 0 Å². The topological polar surface area (TPSA) is 58.1 Å². The highest BCUT2D eigenvalue weighted by Gasteiger charge is 2.16. The SMILES string of the molecule is CCCCOCCOCCNC(=NCCN1CCc2sccc2C1)NCC. The Labute approximate surface area is 168 Å². The van der Waals surface area contributed by atoms with Crippen molar-refractivity contribution in [3.05, 3.63) is 21.9 Å². The Morgan fingerprint density at radius 1 is 1.19 bits per heavy atom. The third-order valence-electron chi connectivity index (χ3n) is 4.47. The van der Waals surface area contributed by atoms with Crippen LogP contribution in [0.1, 0.15) is 37.1 Å². The number of unbranched alkanes of at least 4 members (excludes halogenated alkanes) is 1. The van der Waals surface area contributed by atoms with Gasteiger partial charge in [-0.05, 0) is 36.8 Å². The van der Waals surface area contributed by atoms with Gasteiger partial charge in [-0.25, -0.2) is 0 Å². The van der Waals surface area contributed by atoms with Gasteiger partial charge in [0.1, 0.15) is 0 Å². The van der Waals surface area contributed by atoms with Gasteiger partial charge in [-0.1, -0.05) is 13.3 Å². The molecule has 154 valence electrons. The summed E-state index contributed by atoms with van der Waals surface area (Å²) in [5.74, 6) is 0.869. The lowest BCUT2D eigenvalue weighted by molar-refractivity contribution is 0.0487. The lowest BCUT2D eigenvalue weighted by Crippen LogP contribution is -2.40. The fraction of sp³-hybridized carbons (Fsp3) is 0.750. The number of guanidine groups is 1. The van der Waals surface area contributed by atoms with Crippen LogP contribution < -0.4 is 10.6 Å². The highest BCUT2D eigenvalue weighted by molar-refractivity contribution is 7.10. The van der Waals surface area contributed by atoms with Crippen molar-refractivity contribution in [2.24, 2.45) is 4.99 Å². The number of hydrogen-bond acceptors (Lipinski definition) is 5. The van der Waals surface area contributed by atoms with Gasteiger partial charge in [-0.2, -0.15) is 0 Å². The van der Waals surface area contributed by atoms with Crippen molar-refractivity contribution in [1.82, 2.24) is 15.5 Å². The molecule has 0 unspecified atom stereocenters. The number of fused-ring (bicyclic) bond motifs is 1. The molecule has 2 rings (SSSR count). The summed E-state index contributed by atoms with van der Waals surface area (Å²) in [4.78, 5) is 8.74. The van der Waals surface area contributed by atoms with E-state index >= 15 is 0 Å². The molecule has 0 saturated heterocycles. The maximum atomic E-state index is 5.59. The Morgan fingerprint density at radius 2 is 2.04 bits per heavy atom. The molecule has 1 aromatic heterocycles.